The molecule has 23 heavy (non-hydrogen) atoms. The topological polar surface area (TPSA) is 41.6 Å². The minimum atomic E-state index is -0.0651. The molecule has 0 spiro atoms. The van der Waals surface area contributed by atoms with E-state index in [1.165, 1.54) is 0 Å². The van der Waals surface area contributed by atoms with Crippen LogP contribution in [0.4, 0.5) is 0 Å². The summed E-state index contributed by atoms with van der Waals surface area (Å²) in [6.45, 7) is 1.30. The zero-order valence-electron chi connectivity index (χ0n) is 14.0. The summed E-state index contributed by atoms with van der Waals surface area (Å²) < 4.78 is 5.09. The molecule has 1 amide bonds. The van der Waals surface area contributed by atoms with Crippen molar-refractivity contribution < 1.29 is 9.53 Å². The van der Waals surface area contributed by atoms with E-state index in [1.54, 1.807) is 7.11 Å². The molecule has 122 valence electrons. The molecule has 0 aliphatic heterocycles. The van der Waals surface area contributed by atoms with Crippen LogP contribution in [0, 0.1) is 0 Å². The molecule has 0 heterocycles. The normalized spacial score (nSPS) is 12.2. The number of benzene rings is 2. The van der Waals surface area contributed by atoms with Crippen LogP contribution >= 0.6 is 0 Å². The van der Waals surface area contributed by atoms with Gasteiger partial charge in [0, 0.05) is 19.2 Å². The lowest BCUT2D eigenvalue weighted by atomic mass is 10.1. The molecular weight excluding hydrogens is 288 g/mol. The van der Waals surface area contributed by atoms with E-state index in [9.17, 15) is 4.79 Å². The maximum atomic E-state index is 12.5. The molecule has 1 atom stereocenters. The summed E-state index contributed by atoms with van der Waals surface area (Å²) in [5.74, 6) is -0.0651. The molecule has 4 heteroatoms. The Morgan fingerprint density at radius 3 is 2.30 bits per heavy atom. The standard InChI is InChI=1S/C19H24N2O2/c1-21(2)13-18(16-7-5-4-6-8-16)20-19(22)17-11-9-15(10-12-17)14-23-3/h4-12,18H,13-14H2,1-3H3,(H,20,22). The van der Waals surface area contributed by atoms with Crippen molar-refractivity contribution in [3.05, 3.63) is 71.3 Å². The molecule has 1 unspecified atom stereocenters. The first kappa shape index (κ1) is 17.2. The SMILES string of the molecule is COCc1ccc(C(=O)NC(CN(C)C)c2ccccc2)cc1. The van der Waals surface area contributed by atoms with Crippen LogP contribution in [0.2, 0.25) is 0 Å². The van der Waals surface area contributed by atoms with Crippen molar-refractivity contribution >= 4 is 5.91 Å². The second kappa shape index (κ2) is 8.46. The van der Waals surface area contributed by atoms with Crippen molar-refractivity contribution in [2.24, 2.45) is 0 Å². The van der Waals surface area contributed by atoms with Gasteiger partial charge in [-0.1, -0.05) is 42.5 Å². The van der Waals surface area contributed by atoms with Crippen LogP contribution in [-0.4, -0.2) is 38.6 Å². The zero-order valence-corrected chi connectivity index (χ0v) is 14.0. The van der Waals surface area contributed by atoms with Crippen molar-refractivity contribution in [3.8, 4) is 0 Å². The molecule has 2 aromatic rings. The highest BCUT2D eigenvalue weighted by molar-refractivity contribution is 5.94. The molecule has 2 rings (SSSR count). The molecule has 0 aromatic heterocycles. The van der Waals surface area contributed by atoms with Gasteiger partial charge in [-0.2, -0.15) is 0 Å². The fraction of sp³-hybridized carbons (Fsp3) is 0.316. The molecule has 0 fully saturated rings. The Hall–Kier alpha value is -2.17. The molecule has 0 aliphatic carbocycles. The van der Waals surface area contributed by atoms with Crippen LogP contribution < -0.4 is 5.32 Å². The van der Waals surface area contributed by atoms with E-state index < -0.39 is 0 Å². The van der Waals surface area contributed by atoms with Gasteiger partial charge in [0.05, 0.1) is 12.6 Å². The van der Waals surface area contributed by atoms with E-state index in [0.717, 1.165) is 17.7 Å². The van der Waals surface area contributed by atoms with E-state index in [0.29, 0.717) is 12.2 Å². The summed E-state index contributed by atoms with van der Waals surface area (Å²) in [6.07, 6.45) is 0. The third kappa shape index (κ3) is 5.20. The summed E-state index contributed by atoms with van der Waals surface area (Å²) >= 11 is 0. The Labute approximate surface area is 138 Å². The Kier molecular flexibility index (Phi) is 6.32. The lowest BCUT2D eigenvalue weighted by Crippen LogP contribution is -2.35. The number of nitrogens with zero attached hydrogens (tertiary/aromatic N) is 1. The van der Waals surface area contributed by atoms with Crippen molar-refractivity contribution in [2.75, 3.05) is 27.7 Å². The number of likely N-dealkylation sites (N-methyl/N-ethyl adjacent to an activating group) is 1. The third-order valence-corrected chi connectivity index (χ3v) is 3.58. The van der Waals surface area contributed by atoms with Gasteiger partial charge < -0.3 is 15.0 Å². The number of rotatable bonds is 7. The first-order valence-electron chi connectivity index (χ1n) is 7.68. The molecule has 0 saturated carbocycles. The first-order chi connectivity index (χ1) is 11.1. The predicted octanol–water partition coefficient (Wildman–Crippen LogP) is 2.87. The Balaban J connectivity index is 2.10. The Morgan fingerprint density at radius 2 is 1.74 bits per heavy atom. The summed E-state index contributed by atoms with van der Waals surface area (Å²) in [7, 11) is 5.66. The van der Waals surface area contributed by atoms with Gasteiger partial charge in [0.1, 0.15) is 0 Å². The molecule has 0 saturated heterocycles. The number of carbonyl (C=O) groups is 1. The minimum absolute atomic E-state index is 0.0441. The lowest BCUT2D eigenvalue weighted by Gasteiger charge is -2.23. The van der Waals surface area contributed by atoms with Gasteiger partial charge in [0.25, 0.3) is 5.91 Å². The number of hydrogen-bond acceptors (Lipinski definition) is 3. The Morgan fingerprint density at radius 1 is 1.09 bits per heavy atom. The van der Waals surface area contributed by atoms with E-state index in [1.807, 2.05) is 68.7 Å². The van der Waals surface area contributed by atoms with Crippen molar-refractivity contribution in [2.45, 2.75) is 12.6 Å². The number of amides is 1. The molecule has 0 radical (unpaired) electrons. The van der Waals surface area contributed by atoms with Crippen molar-refractivity contribution in [1.29, 1.82) is 0 Å². The van der Waals surface area contributed by atoms with Crippen LogP contribution in [0.5, 0.6) is 0 Å². The van der Waals surface area contributed by atoms with Gasteiger partial charge in [0.2, 0.25) is 0 Å². The van der Waals surface area contributed by atoms with E-state index in [-0.39, 0.29) is 11.9 Å². The van der Waals surface area contributed by atoms with Gasteiger partial charge in [0.15, 0.2) is 0 Å². The van der Waals surface area contributed by atoms with Crippen LogP contribution in [0.15, 0.2) is 54.6 Å². The highest BCUT2D eigenvalue weighted by atomic mass is 16.5. The average Bonchev–Trinajstić information content (AvgIpc) is 2.55. The van der Waals surface area contributed by atoms with Gasteiger partial charge in [-0.05, 0) is 37.4 Å². The largest absolute Gasteiger partial charge is 0.380 e. The van der Waals surface area contributed by atoms with Gasteiger partial charge >= 0.3 is 0 Å². The predicted molar refractivity (Wildman–Crippen MR) is 92.4 cm³/mol. The molecule has 0 bridgehead atoms. The Bertz CT molecular complexity index is 609. The molecule has 0 aliphatic rings. The minimum Gasteiger partial charge on any atom is -0.380 e. The first-order valence-corrected chi connectivity index (χ1v) is 7.68. The summed E-state index contributed by atoms with van der Waals surface area (Å²) in [6, 6.07) is 17.5. The van der Waals surface area contributed by atoms with E-state index in [4.69, 9.17) is 4.74 Å². The smallest absolute Gasteiger partial charge is 0.251 e. The summed E-state index contributed by atoms with van der Waals surface area (Å²) in [5, 5.41) is 3.12. The highest BCUT2D eigenvalue weighted by Gasteiger charge is 2.16. The maximum absolute atomic E-state index is 12.5. The van der Waals surface area contributed by atoms with E-state index >= 15 is 0 Å². The average molecular weight is 312 g/mol. The van der Waals surface area contributed by atoms with Crippen LogP contribution in [0.3, 0.4) is 0 Å². The quantitative estimate of drug-likeness (QED) is 0.855. The number of ether oxygens (including phenoxy) is 1. The summed E-state index contributed by atoms with van der Waals surface area (Å²) in [5.41, 5.74) is 2.81. The van der Waals surface area contributed by atoms with Crippen molar-refractivity contribution in [3.63, 3.8) is 0 Å². The molecule has 2 aromatic carbocycles. The number of hydrogen-bond donors (Lipinski definition) is 1. The van der Waals surface area contributed by atoms with Crippen LogP contribution in [0.25, 0.3) is 0 Å². The number of nitrogens with one attached hydrogen (secondary N) is 1. The second-order valence-corrected chi connectivity index (χ2v) is 5.83. The maximum Gasteiger partial charge on any atom is 0.251 e. The number of methoxy groups -OCH3 is 1. The molecule has 4 nitrogen and oxygen atoms in total. The van der Waals surface area contributed by atoms with Gasteiger partial charge in [-0.15, -0.1) is 0 Å². The highest BCUT2D eigenvalue weighted by Crippen LogP contribution is 2.15. The lowest BCUT2D eigenvalue weighted by molar-refractivity contribution is 0.0930. The van der Waals surface area contributed by atoms with E-state index in [2.05, 4.69) is 10.2 Å². The van der Waals surface area contributed by atoms with Crippen molar-refractivity contribution in [1.82, 2.24) is 10.2 Å². The number of carbonyl (C=O) groups excluding carboxylic acids is 1. The fourth-order valence-electron chi connectivity index (χ4n) is 2.45. The fourth-order valence-corrected chi connectivity index (χ4v) is 2.45. The third-order valence-electron chi connectivity index (χ3n) is 3.58. The van der Waals surface area contributed by atoms with Gasteiger partial charge in [-0.25, -0.2) is 0 Å². The molecule has 1 N–H and O–H groups in total. The summed E-state index contributed by atoms with van der Waals surface area (Å²) in [4.78, 5) is 14.6. The van der Waals surface area contributed by atoms with Crippen LogP contribution in [-0.2, 0) is 11.3 Å². The molecular formula is C19H24N2O2. The van der Waals surface area contributed by atoms with Crippen LogP contribution in [0.1, 0.15) is 27.5 Å². The zero-order chi connectivity index (χ0) is 16.7. The second-order valence-electron chi connectivity index (χ2n) is 5.83. The van der Waals surface area contributed by atoms with Gasteiger partial charge in [-0.3, -0.25) is 4.79 Å². The monoisotopic (exact) mass is 312 g/mol.